The molecule has 0 amide bonds. The Morgan fingerprint density at radius 1 is 1.24 bits per heavy atom. The molecule has 1 fully saturated rings. The first-order valence-corrected chi connectivity index (χ1v) is 9.24. The van der Waals surface area contributed by atoms with Gasteiger partial charge in [-0.3, -0.25) is 4.68 Å². The first-order valence-electron chi connectivity index (χ1n) is 9.24. The molecule has 3 aromatic rings. The average Bonchev–Trinajstić information content (AvgIpc) is 3.24. The number of esters is 1. The Morgan fingerprint density at radius 2 is 2.00 bits per heavy atom. The molecule has 1 aliphatic rings. The number of hydrogen-bond acceptors (Lipinski definition) is 7. The number of halogens is 1. The van der Waals surface area contributed by atoms with Gasteiger partial charge in [-0.15, -0.1) is 0 Å². The van der Waals surface area contributed by atoms with Crippen molar-refractivity contribution >= 4 is 17.6 Å². The number of ether oxygens (including phenoxy) is 2. The number of benzene rings is 1. The summed E-state index contributed by atoms with van der Waals surface area (Å²) >= 11 is 0. The summed E-state index contributed by atoms with van der Waals surface area (Å²) < 4.78 is 26.2. The summed E-state index contributed by atoms with van der Waals surface area (Å²) in [4.78, 5) is 19.9. The monoisotopic (exact) mass is 397 g/mol. The molecule has 1 saturated heterocycles. The zero-order valence-corrected chi connectivity index (χ0v) is 15.8. The molecule has 9 heteroatoms. The molecule has 1 N–H and O–H groups in total. The second kappa shape index (κ2) is 8.36. The highest BCUT2D eigenvalue weighted by Crippen LogP contribution is 2.25. The van der Waals surface area contributed by atoms with Crippen LogP contribution in [0.25, 0.3) is 11.3 Å². The van der Waals surface area contributed by atoms with E-state index in [9.17, 15) is 9.18 Å². The van der Waals surface area contributed by atoms with Gasteiger partial charge in [0.15, 0.2) is 5.82 Å². The Balaban J connectivity index is 1.53. The smallest absolute Gasteiger partial charge is 0.337 e. The molecule has 0 spiro atoms. The number of nitrogens with one attached hydrogen (secondary N) is 1. The van der Waals surface area contributed by atoms with Crippen molar-refractivity contribution in [3.63, 3.8) is 0 Å². The minimum atomic E-state index is -0.556. The summed E-state index contributed by atoms with van der Waals surface area (Å²) in [7, 11) is 1.31. The highest BCUT2D eigenvalue weighted by atomic mass is 19.1. The van der Waals surface area contributed by atoms with Crippen molar-refractivity contribution in [1.29, 1.82) is 0 Å². The molecular weight excluding hydrogens is 377 g/mol. The van der Waals surface area contributed by atoms with Gasteiger partial charge in [0.25, 0.3) is 0 Å². The van der Waals surface area contributed by atoms with Gasteiger partial charge in [-0.1, -0.05) is 12.1 Å². The van der Waals surface area contributed by atoms with E-state index in [0.29, 0.717) is 17.2 Å². The lowest BCUT2D eigenvalue weighted by molar-refractivity contribution is 0.0600. The molecule has 0 bridgehead atoms. The third kappa shape index (κ3) is 4.24. The first kappa shape index (κ1) is 19.0. The van der Waals surface area contributed by atoms with E-state index < -0.39 is 11.8 Å². The fourth-order valence-corrected chi connectivity index (χ4v) is 3.19. The van der Waals surface area contributed by atoms with Gasteiger partial charge < -0.3 is 14.8 Å². The van der Waals surface area contributed by atoms with E-state index in [4.69, 9.17) is 4.74 Å². The Kier molecular flexibility index (Phi) is 5.48. The van der Waals surface area contributed by atoms with E-state index in [1.807, 2.05) is 10.9 Å². The van der Waals surface area contributed by atoms with Crippen LogP contribution in [0, 0.1) is 5.82 Å². The van der Waals surface area contributed by atoms with Crippen molar-refractivity contribution in [2.45, 2.75) is 18.9 Å². The maximum absolute atomic E-state index is 14.3. The van der Waals surface area contributed by atoms with Gasteiger partial charge >= 0.3 is 5.97 Å². The predicted octanol–water partition coefficient (Wildman–Crippen LogP) is 3.36. The maximum atomic E-state index is 14.3. The molecule has 4 rings (SSSR count). The van der Waals surface area contributed by atoms with Crippen molar-refractivity contribution in [2.24, 2.45) is 0 Å². The second-order valence-electron chi connectivity index (χ2n) is 6.64. The first-order chi connectivity index (χ1) is 14.1. The summed E-state index contributed by atoms with van der Waals surface area (Å²) in [5.74, 6) is -0.757. The summed E-state index contributed by atoms with van der Waals surface area (Å²) in [5, 5.41) is 7.46. The lowest BCUT2D eigenvalue weighted by atomic mass is 10.1. The van der Waals surface area contributed by atoms with Crippen LogP contribution in [0.1, 0.15) is 29.2 Å². The zero-order chi connectivity index (χ0) is 20.2. The molecular formula is C20H20FN5O3. The Hall–Kier alpha value is -3.33. The lowest BCUT2D eigenvalue weighted by Gasteiger charge is -2.22. The van der Waals surface area contributed by atoms with Crippen LogP contribution < -0.4 is 5.32 Å². The van der Waals surface area contributed by atoms with Gasteiger partial charge in [0, 0.05) is 25.0 Å². The van der Waals surface area contributed by atoms with Crippen LogP contribution in [0.4, 0.5) is 16.0 Å². The van der Waals surface area contributed by atoms with E-state index in [2.05, 4.69) is 25.1 Å². The lowest BCUT2D eigenvalue weighted by Crippen LogP contribution is -2.19. The average molecular weight is 397 g/mol. The molecule has 29 heavy (non-hydrogen) atoms. The number of carbonyl (C=O) groups excluding carboxylic acids is 1. The van der Waals surface area contributed by atoms with Gasteiger partial charge in [-0.05, 0) is 25.0 Å². The minimum Gasteiger partial charge on any atom is -0.465 e. The van der Waals surface area contributed by atoms with Gasteiger partial charge in [-0.25, -0.2) is 19.2 Å². The van der Waals surface area contributed by atoms with Crippen molar-refractivity contribution in [3.05, 3.63) is 54.2 Å². The highest BCUT2D eigenvalue weighted by molar-refractivity contribution is 5.89. The third-order valence-electron chi connectivity index (χ3n) is 4.75. The highest BCUT2D eigenvalue weighted by Gasteiger charge is 2.17. The van der Waals surface area contributed by atoms with Crippen LogP contribution in [-0.2, 0) is 9.47 Å². The summed E-state index contributed by atoms with van der Waals surface area (Å²) in [6.07, 6.45) is 6.52. The molecule has 3 heterocycles. The SMILES string of the molecule is COC(=O)c1ccc(-c2nc(Nc3cnn(C4CCOCC4)c3)ncc2F)cc1. The van der Waals surface area contributed by atoms with Crippen LogP contribution in [-0.4, -0.2) is 46.0 Å². The van der Waals surface area contributed by atoms with Crippen molar-refractivity contribution in [2.75, 3.05) is 25.6 Å². The number of aromatic nitrogens is 4. The van der Waals surface area contributed by atoms with Crippen molar-refractivity contribution in [3.8, 4) is 11.3 Å². The van der Waals surface area contributed by atoms with Crippen LogP contribution in [0.5, 0.6) is 0 Å². The largest absolute Gasteiger partial charge is 0.465 e. The van der Waals surface area contributed by atoms with Crippen LogP contribution in [0.2, 0.25) is 0 Å². The molecule has 8 nitrogen and oxygen atoms in total. The Labute approximate surface area is 166 Å². The topological polar surface area (TPSA) is 91.2 Å². The van der Waals surface area contributed by atoms with Crippen LogP contribution in [0.3, 0.4) is 0 Å². The molecule has 0 unspecified atom stereocenters. The molecule has 0 saturated carbocycles. The van der Waals surface area contributed by atoms with Gasteiger partial charge in [-0.2, -0.15) is 5.10 Å². The van der Waals surface area contributed by atoms with Crippen LogP contribution >= 0.6 is 0 Å². The van der Waals surface area contributed by atoms with E-state index in [-0.39, 0.29) is 11.6 Å². The number of carbonyl (C=O) groups is 1. The molecule has 2 aromatic heterocycles. The van der Waals surface area contributed by atoms with Gasteiger partial charge in [0.2, 0.25) is 5.95 Å². The van der Waals surface area contributed by atoms with E-state index in [1.54, 1.807) is 30.5 Å². The number of rotatable bonds is 5. The second-order valence-corrected chi connectivity index (χ2v) is 6.64. The fourth-order valence-electron chi connectivity index (χ4n) is 3.19. The Morgan fingerprint density at radius 3 is 2.72 bits per heavy atom. The number of anilines is 2. The number of nitrogens with zero attached hydrogens (tertiary/aromatic N) is 4. The van der Waals surface area contributed by atoms with E-state index >= 15 is 0 Å². The number of methoxy groups -OCH3 is 1. The zero-order valence-electron chi connectivity index (χ0n) is 15.8. The van der Waals surface area contributed by atoms with Crippen LogP contribution in [0.15, 0.2) is 42.9 Å². The molecule has 150 valence electrons. The molecule has 0 radical (unpaired) electrons. The standard InChI is InChI=1S/C20H20FN5O3/c1-28-19(27)14-4-2-13(3-5-14)18-17(21)11-22-20(25-18)24-15-10-23-26(12-15)16-6-8-29-9-7-16/h2-5,10-12,16H,6-9H2,1H3,(H,22,24,25). The molecule has 0 atom stereocenters. The van der Waals surface area contributed by atoms with Crippen molar-refractivity contribution in [1.82, 2.24) is 19.7 Å². The number of hydrogen-bond donors (Lipinski definition) is 1. The third-order valence-corrected chi connectivity index (χ3v) is 4.75. The van der Waals surface area contributed by atoms with E-state index in [0.717, 1.165) is 37.9 Å². The fraction of sp³-hybridized carbons (Fsp3) is 0.300. The maximum Gasteiger partial charge on any atom is 0.337 e. The predicted molar refractivity (Wildman–Crippen MR) is 103 cm³/mol. The minimum absolute atomic E-state index is 0.135. The quantitative estimate of drug-likeness (QED) is 0.660. The summed E-state index contributed by atoms with van der Waals surface area (Å²) in [5.41, 5.74) is 1.76. The molecule has 1 aromatic carbocycles. The molecule has 1 aliphatic heterocycles. The van der Waals surface area contributed by atoms with E-state index in [1.165, 1.54) is 7.11 Å². The van der Waals surface area contributed by atoms with Crippen molar-refractivity contribution < 1.29 is 18.7 Å². The summed E-state index contributed by atoms with van der Waals surface area (Å²) in [6, 6.07) is 6.66. The molecule has 0 aliphatic carbocycles. The summed E-state index contributed by atoms with van der Waals surface area (Å²) in [6.45, 7) is 1.46. The van der Waals surface area contributed by atoms with Gasteiger partial charge in [0.05, 0.1) is 36.8 Å². The van der Waals surface area contributed by atoms with Gasteiger partial charge in [0.1, 0.15) is 5.69 Å². The normalized spacial score (nSPS) is 14.6. The Bertz CT molecular complexity index is 1000.